The lowest BCUT2D eigenvalue weighted by Gasteiger charge is -2.35. The van der Waals surface area contributed by atoms with Gasteiger partial charge in [-0.3, -0.25) is 4.79 Å². The SMILES string of the molecule is Cc1ncsc1CCC(=O)N1CCn2cccc2C1C. The van der Waals surface area contributed by atoms with E-state index >= 15 is 0 Å². The van der Waals surface area contributed by atoms with Crippen LogP contribution in [-0.2, 0) is 17.8 Å². The molecule has 2 aromatic rings. The lowest BCUT2D eigenvalue weighted by molar-refractivity contribution is -0.134. The molecule has 106 valence electrons. The Morgan fingerprint density at radius 2 is 2.35 bits per heavy atom. The topological polar surface area (TPSA) is 38.1 Å². The molecule has 5 heteroatoms. The van der Waals surface area contributed by atoms with Crippen LogP contribution in [0.4, 0.5) is 0 Å². The highest BCUT2D eigenvalue weighted by Gasteiger charge is 2.26. The average molecular weight is 289 g/mol. The number of rotatable bonds is 3. The zero-order valence-corrected chi connectivity index (χ0v) is 12.7. The lowest BCUT2D eigenvalue weighted by Crippen LogP contribution is -2.40. The zero-order valence-electron chi connectivity index (χ0n) is 11.9. The molecule has 20 heavy (non-hydrogen) atoms. The molecule has 0 aliphatic carbocycles. The van der Waals surface area contributed by atoms with E-state index in [2.05, 4.69) is 34.8 Å². The Labute approximate surface area is 123 Å². The number of aryl methyl sites for hydroxylation is 2. The van der Waals surface area contributed by atoms with Gasteiger partial charge in [-0.2, -0.15) is 0 Å². The predicted molar refractivity (Wildman–Crippen MR) is 79.7 cm³/mol. The Hall–Kier alpha value is -1.62. The van der Waals surface area contributed by atoms with Gasteiger partial charge in [0.15, 0.2) is 0 Å². The first-order chi connectivity index (χ1) is 9.66. The Bertz CT molecular complexity index is 616. The van der Waals surface area contributed by atoms with E-state index in [1.165, 1.54) is 10.6 Å². The summed E-state index contributed by atoms with van der Waals surface area (Å²) < 4.78 is 2.24. The summed E-state index contributed by atoms with van der Waals surface area (Å²) >= 11 is 1.64. The van der Waals surface area contributed by atoms with Gasteiger partial charge in [-0.25, -0.2) is 4.98 Å². The summed E-state index contributed by atoms with van der Waals surface area (Å²) in [6, 6.07) is 4.34. The highest BCUT2D eigenvalue weighted by molar-refractivity contribution is 7.09. The smallest absolute Gasteiger partial charge is 0.223 e. The van der Waals surface area contributed by atoms with Crippen molar-refractivity contribution in [2.45, 2.75) is 39.3 Å². The number of hydrogen-bond acceptors (Lipinski definition) is 3. The maximum absolute atomic E-state index is 12.4. The molecule has 0 saturated heterocycles. The van der Waals surface area contributed by atoms with Crippen LogP contribution in [0.5, 0.6) is 0 Å². The molecule has 0 radical (unpaired) electrons. The van der Waals surface area contributed by atoms with Crippen LogP contribution in [-0.4, -0.2) is 26.9 Å². The Morgan fingerprint density at radius 3 is 3.10 bits per heavy atom. The van der Waals surface area contributed by atoms with Crippen LogP contribution < -0.4 is 0 Å². The van der Waals surface area contributed by atoms with Crippen LogP contribution in [0.15, 0.2) is 23.8 Å². The summed E-state index contributed by atoms with van der Waals surface area (Å²) in [5, 5.41) is 0. The number of amides is 1. The second-order valence-electron chi connectivity index (χ2n) is 5.25. The summed E-state index contributed by atoms with van der Waals surface area (Å²) in [5.41, 5.74) is 4.15. The van der Waals surface area contributed by atoms with Crippen LogP contribution in [0.3, 0.4) is 0 Å². The third kappa shape index (κ3) is 2.38. The van der Waals surface area contributed by atoms with E-state index in [4.69, 9.17) is 0 Å². The molecule has 0 N–H and O–H groups in total. The van der Waals surface area contributed by atoms with Crippen LogP contribution >= 0.6 is 11.3 Å². The van der Waals surface area contributed by atoms with E-state index in [0.717, 1.165) is 25.2 Å². The van der Waals surface area contributed by atoms with Crippen LogP contribution in [0.2, 0.25) is 0 Å². The van der Waals surface area contributed by atoms with Gasteiger partial charge in [0.05, 0.1) is 17.2 Å². The summed E-state index contributed by atoms with van der Waals surface area (Å²) in [7, 11) is 0. The van der Waals surface area contributed by atoms with Gasteiger partial charge in [-0.15, -0.1) is 11.3 Å². The van der Waals surface area contributed by atoms with Gasteiger partial charge in [0.2, 0.25) is 5.91 Å². The molecule has 0 bridgehead atoms. The second-order valence-corrected chi connectivity index (χ2v) is 6.19. The van der Waals surface area contributed by atoms with E-state index in [0.29, 0.717) is 6.42 Å². The number of hydrogen-bond donors (Lipinski definition) is 0. The van der Waals surface area contributed by atoms with Crippen molar-refractivity contribution in [3.8, 4) is 0 Å². The van der Waals surface area contributed by atoms with Crippen molar-refractivity contribution in [3.63, 3.8) is 0 Å². The van der Waals surface area contributed by atoms with Crippen molar-refractivity contribution in [2.75, 3.05) is 6.54 Å². The van der Waals surface area contributed by atoms with Gasteiger partial charge < -0.3 is 9.47 Å². The largest absolute Gasteiger partial charge is 0.348 e. The van der Waals surface area contributed by atoms with Gasteiger partial charge in [0, 0.05) is 36.3 Å². The maximum atomic E-state index is 12.4. The summed E-state index contributed by atoms with van der Waals surface area (Å²) in [6.07, 6.45) is 3.47. The van der Waals surface area contributed by atoms with Crippen LogP contribution in [0.1, 0.15) is 35.7 Å². The third-order valence-corrected chi connectivity index (χ3v) is 5.07. The van der Waals surface area contributed by atoms with Gasteiger partial charge in [-0.1, -0.05) is 0 Å². The monoisotopic (exact) mass is 289 g/mol. The van der Waals surface area contributed by atoms with E-state index in [1.54, 1.807) is 11.3 Å². The molecule has 3 heterocycles. The van der Waals surface area contributed by atoms with Crippen molar-refractivity contribution < 1.29 is 4.79 Å². The molecular weight excluding hydrogens is 270 g/mol. The molecule has 2 aromatic heterocycles. The van der Waals surface area contributed by atoms with Crippen molar-refractivity contribution in [1.29, 1.82) is 0 Å². The highest BCUT2D eigenvalue weighted by atomic mass is 32.1. The number of carbonyl (C=O) groups is 1. The Balaban J connectivity index is 1.65. The first kappa shape index (κ1) is 13.4. The molecule has 1 unspecified atom stereocenters. The normalized spacial score (nSPS) is 18.1. The number of thiazole rings is 1. The minimum Gasteiger partial charge on any atom is -0.348 e. The third-order valence-electron chi connectivity index (χ3n) is 4.07. The molecule has 4 nitrogen and oxygen atoms in total. The highest BCUT2D eigenvalue weighted by Crippen LogP contribution is 2.26. The van der Waals surface area contributed by atoms with Crippen LogP contribution in [0, 0.1) is 6.92 Å². The van der Waals surface area contributed by atoms with Gasteiger partial charge >= 0.3 is 0 Å². The van der Waals surface area contributed by atoms with Crippen molar-refractivity contribution in [2.24, 2.45) is 0 Å². The van der Waals surface area contributed by atoms with E-state index < -0.39 is 0 Å². The van der Waals surface area contributed by atoms with E-state index in [9.17, 15) is 4.79 Å². The molecular formula is C15H19N3OS. The first-order valence-corrected chi connectivity index (χ1v) is 7.88. The number of fused-ring (bicyclic) bond motifs is 1. The minimum atomic E-state index is 0.175. The fourth-order valence-electron chi connectivity index (χ4n) is 2.85. The number of aromatic nitrogens is 2. The zero-order chi connectivity index (χ0) is 14.1. The lowest BCUT2D eigenvalue weighted by atomic mass is 10.1. The van der Waals surface area contributed by atoms with Crippen molar-refractivity contribution >= 4 is 17.2 Å². The minimum absolute atomic E-state index is 0.175. The predicted octanol–water partition coefficient (Wildman–Crippen LogP) is 2.79. The molecule has 1 aliphatic rings. The summed E-state index contributed by atoms with van der Waals surface area (Å²) in [5.74, 6) is 0.248. The molecule has 1 aliphatic heterocycles. The fraction of sp³-hybridized carbons (Fsp3) is 0.467. The standard InChI is InChI=1S/C15H19N3OS/c1-11-14(20-10-16-11)5-6-15(19)18-9-8-17-7-3-4-13(17)12(18)2/h3-4,7,10,12H,5-6,8-9H2,1-2H3. The molecule has 0 aromatic carbocycles. The number of nitrogens with zero attached hydrogens (tertiary/aromatic N) is 3. The van der Waals surface area contributed by atoms with Crippen molar-refractivity contribution in [1.82, 2.24) is 14.5 Å². The van der Waals surface area contributed by atoms with Gasteiger partial charge in [0.25, 0.3) is 0 Å². The molecule has 1 amide bonds. The van der Waals surface area contributed by atoms with Gasteiger partial charge in [-0.05, 0) is 32.4 Å². The van der Waals surface area contributed by atoms with E-state index in [1.807, 2.05) is 17.3 Å². The molecule has 0 spiro atoms. The summed E-state index contributed by atoms with van der Waals surface area (Å²) in [6.45, 7) is 5.83. The molecule has 1 atom stereocenters. The Morgan fingerprint density at radius 1 is 1.50 bits per heavy atom. The number of carbonyl (C=O) groups excluding carboxylic acids is 1. The first-order valence-electron chi connectivity index (χ1n) is 7.00. The van der Waals surface area contributed by atoms with E-state index in [-0.39, 0.29) is 11.9 Å². The average Bonchev–Trinajstić information content (AvgIpc) is 3.05. The van der Waals surface area contributed by atoms with Crippen LogP contribution in [0.25, 0.3) is 0 Å². The molecule has 3 rings (SSSR count). The summed E-state index contributed by atoms with van der Waals surface area (Å²) in [4.78, 5) is 19.9. The molecule has 0 saturated carbocycles. The van der Waals surface area contributed by atoms with Gasteiger partial charge in [0.1, 0.15) is 0 Å². The molecule has 0 fully saturated rings. The Kier molecular flexibility index (Phi) is 3.61. The fourth-order valence-corrected chi connectivity index (χ4v) is 3.63. The second kappa shape index (κ2) is 5.40. The maximum Gasteiger partial charge on any atom is 0.223 e. The quantitative estimate of drug-likeness (QED) is 0.871. The van der Waals surface area contributed by atoms with Crippen molar-refractivity contribution in [3.05, 3.63) is 40.1 Å².